The van der Waals surface area contributed by atoms with E-state index in [1.165, 1.54) is 110 Å². The van der Waals surface area contributed by atoms with E-state index in [1.54, 1.807) is 0 Å². The van der Waals surface area contributed by atoms with Crippen LogP contribution in [0, 0.1) is 0 Å². The second kappa shape index (κ2) is 30.7. The van der Waals surface area contributed by atoms with Gasteiger partial charge in [0, 0.05) is 90.4 Å². The number of benzene rings is 18. The summed E-state index contributed by atoms with van der Waals surface area (Å²) >= 11 is 0. The maximum atomic E-state index is 5.28. The Morgan fingerprint density at radius 3 is 0.648 bits per heavy atom. The van der Waals surface area contributed by atoms with Crippen LogP contribution in [0.25, 0.3) is 179 Å². The number of aromatic nitrogens is 8. The van der Waals surface area contributed by atoms with Crippen LogP contribution in [0.3, 0.4) is 0 Å². The lowest BCUT2D eigenvalue weighted by atomic mass is 9.60. The Hall–Kier alpha value is -16.7. The van der Waals surface area contributed by atoms with Crippen molar-refractivity contribution in [1.82, 2.24) is 39.9 Å². The first-order valence-corrected chi connectivity index (χ1v) is 43.9. The lowest BCUT2D eigenvalue weighted by Crippen LogP contribution is -2.27. The summed E-state index contributed by atoms with van der Waals surface area (Å²) < 4.78 is 0. The largest absolute Gasteiger partial charge is 0.228 e. The number of hydrogen-bond acceptors (Lipinski definition) is 8. The predicted molar refractivity (Wildman–Crippen MR) is 520 cm³/mol. The first kappa shape index (κ1) is 74.0. The Bertz CT molecular complexity index is 7740. The van der Waals surface area contributed by atoms with Crippen LogP contribution in [0.15, 0.2) is 437 Å². The summed E-state index contributed by atoms with van der Waals surface area (Å²) in [5.74, 6) is 3.16. The molecule has 28 rings (SSSR count). The van der Waals surface area contributed by atoms with Gasteiger partial charge in [0.1, 0.15) is 0 Å². The smallest absolute Gasteiger partial charge is 0.160 e. The van der Waals surface area contributed by atoms with E-state index in [9.17, 15) is 0 Å². The van der Waals surface area contributed by atoms with E-state index in [0.29, 0.717) is 23.3 Å². The highest BCUT2D eigenvalue weighted by Crippen LogP contribution is 2.59. The zero-order chi connectivity index (χ0) is 84.3. The maximum Gasteiger partial charge on any atom is 0.160 e. The number of hydrogen-bond donors (Lipinski definition) is 0. The molecule has 18 aromatic carbocycles. The van der Waals surface area contributed by atoms with Gasteiger partial charge in [0.05, 0.1) is 45.6 Å². The quantitative estimate of drug-likeness (QED) is 0.119. The molecule has 22 aromatic rings. The first-order valence-electron chi connectivity index (χ1n) is 43.9. The van der Waals surface area contributed by atoms with Crippen LogP contribution >= 0.6 is 0 Å². The van der Waals surface area contributed by atoms with Gasteiger partial charge in [-0.1, -0.05) is 376 Å². The summed E-state index contributed by atoms with van der Waals surface area (Å²) in [5, 5.41) is 9.52. The van der Waals surface area contributed by atoms with E-state index in [1.807, 2.05) is 48.5 Å². The van der Waals surface area contributed by atoms with Crippen LogP contribution in [0.5, 0.6) is 0 Å². The van der Waals surface area contributed by atoms with Crippen molar-refractivity contribution in [3.8, 4) is 136 Å². The topological polar surface area (TPSA) is 103 Å². The van der Waals surface area contributed by atoms with Crippen LogP contribution in [0.4, 0.5) is 0 Å². The minimum atomic E-state index is 0.0738. The van der Waals surface area contributed by atoms with Gasteiger partial charge in [0.2, 0.25) is 0 Å². The molecule has 0 radical (unpaired) electrons. The summed E-state index contributed by atoms with van der Waals surface area (Å²) in [6.45, 7) is 0. The summed E-state index contributed by atoms with van der Waals surface area (Å²) in [6, 6.07) is 156. The van der Waals surface area contributed by atoms with Crippen molar-refractivity contribution in [2.24, 2.45) is 0 Å². The molecule has 128 heavy (non-hydrogen) atoms. The van der Waals surface area contributed by atoms with Crippen LogP contribution in [-0.4, -0.2) is 39.9 Å². The molecule has 4 aromatic heterocycles. The molecule has 0 saturated carbocycles. The minimum Gasteiger partial charge on any atom is -0.228 e. The second-order valence-electron chi connectivity index (χ2n) is 33.9. The monoisotopic (exact) mass is 1630 g/mol. The highest BCUT2D eigenvalue weighted by molar-refractivity contribution is 5.99. The molecule has 8 nitrogen and oxygen atoms in total. The van der Waals surface area contributed by atoms with E-state index >= 15 is 0 Å². The first-order chi connectivity index (χ1) is 63.4. The van der Waals surface area contributed by atoms with Crippen molar-refractivity contribution in [1.29, 1.82) is 0 Å². The number of fused-ring (bicyclic) bond motifs is 4. The van der Waals surface area contributed by atoms with E-state index < -0.39 is 0 Å². The zero-order valence-corrected chi connectivity index (χ0v) is 69.5. The SMILES string of the molecule is c1ccc(-c2nc(-c3ccc4c(c3)C3c5ccccc5C4c4cc(-c5cc(-c6ccc7ccccc7c6)nc(-c6ccccc6)n5)ccc43)cc(-c3ccc4ccccc4c3)n2)cc1.c1ccc(-c2nc(-c3ccc4c(c3)C3c5ccccc5C4c4cc(-c5cc(-c6cccc7ccccc67)nc(-c6ccccc6)n5)ccc43)cc(-c3cccc4ccccc34)n2)cc1. The average molecular weight is 1630 g/mol. The molecule has 0 N–H and O–H groups in total. The summed E-state index contributed by atoms with van der Waals surface area (Å²) in [4.78, 5) is 41.8. The molecule has 0 aliphatic heterocycles. The molecule has 6 aliphatic carbocycles. The van der Waals surface area contributed by atoms with Crippen molar-refractivity contribution < 1.29 is 0 Å². The predicted octanol–water partition coefficient (Wildman–Crippen LogP) is 29.1. The van der Waals surface area contributed by atoms with Crippen molar-refractivity contribution in [2.75, 3.05) is 0 Å². The normalized spacial score (nSPS) is 14.6. The molecule has 0 saturated heterocycles. The van der Waals surface area contributed by atoms with E-state index in [4.69, 9.17) is 39.9 Å². The molecule has 4 unspecified atom stereocenters. The van der Waals surface area contributed by atoms with Gasteiger partial charge in [-0.3, -0.25) is 0 Å². The maximum absolute atomic E-state index is 5.28. The fraction of sp³-hybridized carbons (Fsp3) is 0.0333. The Kier molecular flexibility index (Phi) is 17.7. The molecule has 4 bridgehead atoms. The third kappa shape index (κ3) is 12.9. The van der Waals surface area contributed by atoms with Gasteiger partial charge in [-0.15, -0.1) is 0 Å². The minimum absolute atomic E-state index is 0.0738. The van der Waals surface area contributed by atoms with Gasteiger partial charge in [-0.2, -0.15) is 0 Å². The molecule has 4 heterocycles. The summed E-state index contributed by atoms with van der Waals surface area (Å²) in [7, 11) is 0. The third-order valence-corrected chi connectivity index (χ3v) is 26.5. The Balaban J connectivity index is 0.000000139. The lowest BCUT2D eigenvalue weighted by molar-refractivity contribution is 0.755. The molecule has 0 amide bonds. The van der Waals surface area contributed by atoms with Crippen molar-refractivity contribution >= 4 is 43.1 Å². The Morgan fingerprint density at radius 1 is 0.125 bits per heavy atom. The fourth-order valence-electron chi connectivity index (χ4n) is 20.5. The van der Waals surface area contributed by atoms with Crippen molar-refractivity contribution in [3.63, 3.8) is 0 Å². The summed E-state index contributed by atoms with van der Waals surface area (Å²) in [5.41, 5.74) is 36.1. The van der Waals surface area contributed by atoms with Gasteiger partial charge >= 0.3 is 0 Å². The van der Waals surface area contributed by atoms with E-state index in [0.717, 1.165) is 112 Å². The van der Waals surface area contributed by atoms with Gasteiger partial charge < -0.3 is 0 Å². The summed E-state index contributed by atoms with van der Waals surface area (Å²) in [6.07, 6.45) is 0. The van der Waals surface area contributed by atoms with Gasteiger partial charge in [-0.05, 0) is 171 Å². The van der Waals surface area contributed by atoms with Crippen LogP contribution in [0.1, 0.15) is 90.4 Å². The standard InChI is InChI=1S/2C60H38N4/c1-3-17-39(18-4-1)59-61-53(35-55(63-59)45-27-13-21-37-15-7-9-23-43(37)45)41-29-31-49-51(33-41)57-47-25-11-12-26-48(47)58(49)52-34-42(30-32-50(52)57)54-36-56(64-60(62-54)40-19-5-2-6-20-40)46-28-14-22-38-16-8-10-24-44(38)46;1-3-15-39(16-4-1)59-61-53(43-25-23-37-13-7-9-19-41(37)31-43)35-55(63-59)45-27-29-49-51(33-45)57-47-21-11-12-22-48(47)58(49)52-34-46(28-30-50(52)57)56-36-54(62-60(64-56)40-17-5-2-6-18-40)44-26-24-38-14-8-10-20-42(38)32-44/h2*1-36,57-58H. The van der Waals surface area contributed by atoms with Crippen LogP contribution < -0.4 is 0 Å². The van der Waals surface area contributed by atoms with Crippen LogP contribution in [-0.2, 0) is 0 Å². The van der Waals surface area contributed by atoms with Gasteiger partial charge in [0.25, 0.3) is 0 Å². The average Bonchev–Trinajstić information content (AvgIpc) is 0.701. The number of nitrogens with zero attached hydrogens (tertiary/aromatic N) is 8. The Morgan fingerprint density at radius 2 is 0.344 bits per heavy atom. The van der Waals surface area contributed by atoms with E-state index in [-0.39, 0.29) is 23.7 Å². The fourth-order valence-corrected chi connectivity index (χ4v) is 20.5. The third-order valence-electron chi connectivity index (χ3n) is 26.5. The highest BCUT2D eigenvalue weighted by Gasteiger charge is 2.44. The Labute approximate surface area is 740 Å². The lowest BCUT2D eigenvalue weighted by Gasteiger charge is -2.42. The molecule has 6 aliphatic rings. The molecule has 0 spiro atoms. The second-order valence-corrected chi connectivity index (χ2v) is 33.9. The van der Waals surface area contributed by atoms with Crippen molar-refractivity contribution in [3.05, 3.63) is 504 Å². The zero-order valence-electron chi connectivity index (χ0n) is 69.5. The highest BCUT2D eigenvalue weighted by atomic mass is 14.9. The molecule has 8 heteroatoms. The van der Waals surface area contributed by atoms with Crippen LogP contribution in [0.2, 0.25) is 0 Å². The molecule has 596 valence electrons. The molecular formula is C120H76N8. The molecule has 4 atom stereocenters. The van der Waals surface area contributed by atoms with Gasteiger partial charge in [-0.25, -0.2) is 39.9 Å². The van der Waals surface area contributed by atoms with Gasteiger partial charge in [0.15, 0.2) is 23.3 Å². The number of rotatable bonds is 12. The molecular weight excluding hydrogens is 1550 g/mol. The van der Waals surface area contributed by atoms with E-state index in [2.05, 4.69) is 388 Å². The van der Waals surface area contributed by atoms with Crippen molar-refractivity contribution in [2.45, 2.75) is 23.7 Å². The molecule has 0 fully saturated rings.